The topological polar surface area (TPSA) is 63.3 Å². The molecule has 0 saturated carbocycles. The van der Waals surface area contributed by atoms with E-state index in [2.05, 4.69) is 18.8 Å². The zero-order valence-corrected chi connectivity index (χ0v) is 8.70. The number of carboxylic acid groups (broad SMARTS) is 1. The second kappa shape index (κ2) is 4.26. The zero-order valence-electron chi connectivity index (χ0n) is 8.70. The summed E-state index contributed by atoms with van der Waals surface area (Å²) in [5.74, 6) is -0.0994. The lowest BCUT2D eigenvalue weighted by Crippen LogP contribution is -1.97. The molecule has 0 fully saturated rings. The smallest absolute Gasteiger partial charge is 0.373 e. The quantitative estimate of drug-likeness (QED) is 0.804. The van der Waals surface area contributed by atoms with E-state index in [0.717, 1.165) is 6.42 Å². The minimum absolute atomic E-state index is 0.0386. The Kier molecular flexibility index (Phi) is 3.28. The number of carboxylic acids is 1. The molecule has 0 amide bonds. The van der Waals surface area contributed by atoms with Gasteiger partial charge in [-0.05, 0) is 12.8 Å². The molecular weight excluding hydrogens is 182 g/mol. The van der Waals surface area contributed by atoms with E-state index < -0.39 is 5.97 Å². The van der Waals surface area contributed by atoms with Gasteiger partial charge in [0.05, 0.1) is 5.69 Å². The number of nitrogens with zero attached hydrogens (tertiary/aromatic N) is 1. The van der Waals surface area contributed by atoms with E-state index in [1.165, 1.54) is 0 Å². The first-order chi connectivity index (χ1) is 6.54. The number of hydrogen-bond donors (Lipinski definition) is 1. The van der Waals surface area contributed by atoms with Gasteiger partial charge in [-0.1, -0.05) is 20.3 Å². The van der Waals surface area contributed by atoms with Crippen LogP contribution in [0.25, 0.3) is 0 Å². The molecule has 4 nitrogen and oxygen atoms in total. The first-order valence-electron chi connectivity index (χ1n) is 4.74. The number of hydrogen-bond acceptors (Lipinski definition) is 3. The molecule has 1 unspecified atom stereocenters. The van der Waals surface area contributed by atoms with Crippen LogP contribution in [-0.2, 0) is 6.42 Å². The van der Waals surface area contributed by atoms with Gasteiger partial charge in [-0.15, -0.1) is 0 Å². The standard InChI is InChI=1S/C10H15NO3/c1-4-6(2)5-8-11-7(3)9(14-8)10(12)13/h6H,4-5H2,1-3H3,(H,12,13). The molecule has 1 rings (SSSR count). The van der Waals surface area contributed by atoms with E-state index in [9.17, 15) is 4.79 Å². The minimum Gasteiger partial charge on any atom is -0.475 e. The number of aromatic carboxylic acids is 1. The first kappa shape index (κ1) is 10.8. The van der Waals surface area contributed by atoms with Crippen molar-refractivity contribution in [3.05, 3.63) is 17.3 Å². The van der Waals surface area contributed by atoms with Crippen molar-refractivity contribution >= 4 is 5.97 Å². The van der Waals surface area contributed by atoms with Crippen LogP contribution in [-0.4, -0.2) is 16.1 Å². The largest absolute Gasteiger partial charge is 0.475 e. The van der Waals surface area contributed by atoms with Crippen molar-refractivity contribution in [3.63, 3.8) is 0 Å². The van der Waals surface area contributed by atoms with Crippen molar-refractivity contribution in [2.24, 2.45) is 5.92 Å². The third-order valence-corrected chi connectivity index (χ3v) is 2.26. The number of carbonyl (C=O) groups is 1. The van der Waals surface area contributed by atoms with Crippen molar-refractivity contribution in [2.75, 3.05) is 0 Å². The van der Waals surface area contributed by atoms with Crippen molar-refractivity contribution in [2.45, 2.75) is 33.6 Å². The Balaban J connectivity index is 2.81. The highest BCUT2D eigenvalue weighted by Crippen LogP contribution is 2.15. The maximum absolute atomic E-state index is 10.7. The summed E-state index contributed by atoms with van der Waals surface area (Å²) in [7, 11) is 0. The molecular formula is C10H15NO3. The van der Waals surface area contributed by atoms with Gasteiger partial charge < -0.3 is 9.52 Å². The lowest BCUT2D eigenvalue weighted by molar-refractivity contribution is 0.0659. The van der Waals surface area contributed by atoms with Crippen LogP contribution in [0.5, 0.6) is 0 Å². The van der Waals surface area contributed by atoms with Crippen molar-refractivity contribution in [1.29, 1.82) is 0 Å². The lowest BCUT2D eigenvalue weighted by Gasteiger charge is -2.02. The molecule has 78 valence electrons. The normalized spacial score (nSPS) is 12.8. The van der Waals surface area contributed by atoms with Crippen LogP contribution in [0.1, 0.15) is 42.4 Å². The third kappa shape index (κ3) is 2.34. The second-order valence-corrected chi connectivity index (χ2v) is 3.54. The maximum atomic E-state index is 10.7. The fraction of sp³-hybridized carbons (Fsp3) is 0.600. The average Bonchev–Trinajstić information content (AvgIpc) is 2.46. The third-order valence-electron chi connectivity index (χ3n) is 2.26. The summed E-state index contributed by atoms with van der Waals surface area (Å²) in [6.45, 7) is 5.81. The van der Waals surface area contributed by atoms with Gasteiger partial charge in [-0.25, -0.2) is 9.78 Å². The van der Waals surface area contributed by atoms with Crippen LogP contribution in [0.4, 0.5) is 0 Å². The second-order valence-electron chi connectivity index (χ2n) is 3.54. The SMILES string of the molecule is CCC(C)Cc1nc(C)c(C(=O)O)o1. The molecule has 1 heterocycles. The van der Waals surface area contributed by atoms with E-state index in [1.54, 1.807) is 6.92 Å². The molecule has 0 aliphatic heterocycles. The van der Waals surface area contributed by atoms with Crippen LogP contribution in [0.2, 0.25) is 0 Å². The van der Waals surface area contributed by atoms with Gasteiger partial charge in [0.1, 0.15) is 0 Å². The van der Waals surface area contributed by atoms with Crippen LogP contribution < -0.4 is 0 Å². The molecule has 14 heavy (non-hydrogen) atoms. The van der Waals surface area contributed by atoms with Gasteiger partial charge in [-0.3, -0.25) is 0 Å². The maximum Gasteiger partial charge on any atom is 0.373 e. The van der Waals surface area contributed by atoms with Crippen LogP contribution in [0.15, 0.2) is 4.42 Å². The molecule has 1 N–H and O–H groups in total. The first-order valence-corrected chi connectivity index (χ1v) is 4.74. The summed E-state index contributed by atoms with van der Waals surface area (Å²) in [4.78, 5) is 14.7. The summed E-state index contributed by atoms with van der Waals surface area (Å²) in [6, 6.07) is 0. The Hall–Kier alpha value is -1.32. The van der Waals surface area contributed by atoms with E-state index in [4.69, 9.17) is 9.52 Å². The van der Waals surface area contributed by atoms with Gasteiger partial charge >= 0.3 is 5.97 Å². The van der Waals surface area contributed by atoms with Crippen molar-refractivity contribution in [1.82, 2.24) is 4.98 Å². The molecule has 0 aliphatic carbocycles. The molecule has 1 aromatic rings. The Morgan fingerprint density at radius 3 is 2.71 bits per heavy atom. The Labute approximate surface area is 83.0 Å². The molecule has 4 heteroatoms. The fourth-order valence-electron chi connectivity index (χ4n) is 1.18. The molecule has 0 radical (unpaired) electrons. The highest BCUT2D eigenvalue weighted by Gasteiger charge is 2.16. The highest BCUT2D eigenvalue weighted by molar-refractivity contribution is 5.85. The van der Waals surface area contributed by atoms with Gasteiger partial charge in [0, 0.05) is 6.42 Å². The van der Waals surface area contributed by atoms with E-state index >= 15 is 0 Å². The van der Waals surface area contributed by atoms with Crippen molar-refractivity contribution in [3.8, 4) is 0 Å². The number of aromatic nitrogens is 1. The zero-order chi connectivity index (χ0) is 10.7. The molecule has 1 aromatic heterocycles. The predicted octanol–water partition coefficient (Wildman–Crippen LogP) is 2.27. The predicted molar refractivity (Wildman–Crippen MR) is 51.4 cm³/mol. The number of oxazole rings is 1. The molecule has 0 aliphatic rings. The molecule has 0 aromatic carbocycles. The van der Waals surface area contributed by atoms with Crippen LogP contribution in [0, 0.1) is 12.8 Å². The Morgan fingerprint density at radius 1 is 1.64 bits per heavy atom. The lowest BCUT2D eigenvalue weighted by atomic mass is 10.1. The van der Waals surface area contributed by atoms with Crippen LogP contribution >= 0.6 is 0 Å². The summed E-state index contributed by atoms with van der Waals surface area (Å²) < 4.78 is 5.14. The fourth-order valence-corrected chi connectivity index (χ4v) is 1.18. The molecule has 0 bridgehead atoms. The molecule has 0 saturated heterocycles. The summed E-state index contributed by atoms with van der Waals surface area (Å²) in [6.07, 6.45) is 1.73. The van der Waals surface area contributed by atoms with Gasteiger partial charge in [-0.2, -0.15) is 0 Å². The van der Waals surface area contributed by atoms with Gasteiger partial charge in [0.25, 0.3) is 0 Å². The van der Waals surface area contributed by atoms with Crippen LogP contribution in [0.3, 0.4) is 0 Å². The highest BCUT2D eigenvalue weighted by atomic mass is 16.4. The summed E-state index contributed by atoms with van der Waals surface area (Å²) >= 11 is 0. The van der Waals surface area contributed by atoms with Crippen molar-refractivity contribution < 1.29 is 14.3 Å². The number of aryl methyl sites for hydroxylation is 1. The minimum atomic E-state index is -1.05. The Bertz CT molecular complexity index is 330. The van der Waals surface area contributed by atoms with Gasteiger partial charge in [0.15, 0.2) is 5.89 Å². The average molecular weight is 197 g/mol. The summed E-state index contributed by atoms with van der Waals surface area (Å²) in [5, 5.41) is 8.74. The molecule has 0 spiro atoms. The van der Waals surface area contributed by atoms with E-state index in [1.807, 2.05) is 0 Å². The molecule has 1 atom stereocenters. The monoisotopic (exact) mass is 197 g/mol. The van der Waals surface area contributed by atoms with E-state index in [0.29, 0.717) is 23.9 Å². The number of rotatable bonds is 4. The Morgan fingerprint density at radius 2 is 2.29 bits per heavy atom. The van der Waals surface area contributed by atoms with E-state index in [-0.39, 0.29) is 5.76 Å². The van der Waals surface area contributed by atoms with Gasteiger partial charge in [0.2, 0.25) is 5.76 Å². The summed E-state index contributed by atoms with van der Waals surface area (Å²) in [5.41, 5.74) is 0.454.